The summed E-state index contributed by atoms with van der Waals surface area (Å²) in [7, 11) is 1.69. The number of ether oxygens (including phenoxy) is 4. The Hall–Kier alpha value is -2.28. The van der Waals surface area contributed by atoms with E-state index in [-0.39, 0.29) is 43.5 Å². The number of aliphatic hydroxyl groups excluding tert-OH is 1. The molecule has 0 bridgehead atoms. The number of cyclic esters (lactones) is 1. The second kappa shape index (κ2) is 18.5. The molecule has 4 N–H and O–H groups in total. The van der Waals surface area contributed by atoms with Crippen LogP contribution in [0.2, 0.25) is 10.0 Å². The molecular formula is C38H55Cl2NO9. The van der Waals surface area contributed by atoms with E-state index in [1.54, 1.807) is 63.5 Å². The molecule has 280 valence electrons. The van der Waals surface area contributed by atoms with Crippen LogP contribution in [0.3, 0.4) is 0 Å². The molecular weight excluding hydrogens is 685 g/mol. The molecule has 2 heterocycles. The minimum Gasteiger partial charge on any atom is -0.457 e. The fourth-order valence-electron chi connectivity index (χ4n) is 6.56. The number of epoxide rings is 1. The van der Waals surface area contributed by atoms with Crippen molar-refractivity contribution >= 4 is 35.1 Å². The maximum atomic E-state index is 12.9. The van der Waals surface area contributed by atoms with Crippen LogP contribution in [0, 0.1) is 11.8 Å². The smallest absolute Gasteiger partial charge is 0.309 e. The number of allylic oxidation sites excluding steroid dienone is 2. The van der Waals surface area contributed by atoms with Gasteiger partial charge in [0.2, 0.25) is 0 Å². The first kappa shape index (κ1) is 42.1. The second-order valence-electron chi connectivity index (χ2n) is 14.1. The lowest BCUT2D eigenvalue weighted by atomic mass is 9.87. The summed E-state index contributed by atoms with van der Waals surface area (Å²) in [6, 6.07) is 4.74. The number of hydrogen-bond donors (Lipinski definition) is 4. The largest absolute Gasteiger partial charge is 0.457 e. The van der Waals surface area contributed by atoms with Crippen LogP contribution in [0.15, 0.2) is 54.2 Å². The molecule has 1 saturated heterocycles. The number of carbonyl (C=O) groups is 2. The van der Waals surface area contributed by atoms with Gasteiger partial charge in [-0.2, -0.15) is 0 Å². The van der Waals surface area contributed by atoms with Crippen LogP contribution in [0.5, 0.6) is 0 Å². The Morgan fingerprint density at radius 2 is 1.94 bits per heavy atom. The van der Waals surface area contributed by atoms with Gasteiger partial charge in [-0.1, -0.05) is 74.3 Å². The van der Waals surface area contributed by atoms with Crippen molar-refractivity contribution in [1.29, 1.82) is 0 Å². The van der Waals surface area contributed by atoms with Crippen LogP contribution in [0.4, 0.5) is 0 Å². The van der Waals surface area contributed by atoms with Gasteiger partial charge in [-0.05, 0) is 69.4 Å². The molecule has 0 amide bonds. The zero-order valence-corrected chi connectivity index (χ0v) is 31.9. The van der Waals surface area contributed by atoms with Crippen molar-refractivity contribution in [3.05, 3.63) is 69.8 Å². The van der Waals surface area contributed by atoms with E-state index in [0.29, 0.717) is 22.2 Å². The molecule has 11 atom stereocenters. The fourth-order valence-corrected chi connectivity index (χ4v) is 7.03. The Kier molecular flexibility index (Phi) is 15.6. The molecule has 2 aliphatic heterocycles. The number of nitrogens with one attached hydrogen (secondary N) is 1. The number of carbonyl (C=O) groups excluding carboxylic acids is 2. The summed E-state index contributed by atoms with van der Waals surface area (Å²) in [5.41, 5.74) is -1.38. The number of rotatable bonds is 13. The summed E-state index contributed by atoms with van der Waals surface area (Å²) in [5.74, 6) is -1.45. The highest BCUT2D eigenvalue weighted by atomic mass is 35.5. The van der Waals surface area contributed by atoms with Crippen molar-refractivity contribution in [2.75, 3.05) is 7.11 Å². The monoisotopic (exact) mass is 739 g/mol. The first-order chi connectivity index (χ1) is 23.4. The minimum atomic E-state index is -1.47. The lowest BCUT2D eigenvalue weighted by molar-refractivity contribution is -0.157. The van der Waals surface area contributed by atoms with Gasteiger partial charge in [0.15, 0.2) is 0 Å². The summed E-state index contributed by atoms with van der Waals surface area (Å²) in [6.07, 6.45) is 6.05. The summed E-state index contributed by atoms with van der Waals surface area (Å²) in [4.78, 5) is 24.7. The molecule has 0 saturated carbocycles. The van der Waals surface area contributed by atoms with Crippen LogP contribution < -0.4 is 5.32 Å². The van der Waals surface area contributed by atoms with Gasteiger partial charge in [0, 0.05) is 42.5 Å². The molecule has 2 unspecified atom stereocenters. The zero-order valence-electron chi connectivity index (χ0n) is 30.4. The summed E-state index contributed by atoms with van der Waals surface area (Å²) in [6.45, 7) is 12.7. The molecule has 1 aromatic rings. The maximum absolute atomic E-state index is 12.9. The molecule has 10 nitrogen and oxygen atoms in total. The Labute approximate surface area is 306 Å². The zero-order chi connectivity index (χ0) is 37.4. The Morgan fingerprint density at radius 1 is 1.24 bits per heavy atom. The highest BCUT2D eigenvalue weighted by molar-refractivity contribution is 6.35. The van der Waals surface area contributed by atoms with Gasteiger partial charge in [0.1, 0.15) is 23.9 Å². The van der Waals surface area contributed by atoms with E-state index in [1.165, 1.54) is 13.8 Å². The molecule has 1 aromatic carbocycles. The number of esters is 2. The number of halogens is 2. The van der Waals surface area contributed by atoms with E-state index in [2.05, 4.69) is 19.2 Å². The van der Waals surface area contributed by atoms with Crippen LogP contribution in [0.1, 0.15) is 79.7 Å². The Morgan fingerprint density at radius 3 is 2.56 bits per heavy atom. The summed E-state index contributed by atoms with van der Waals surface area (Å²) in [5, 5.41) is 38.0. The van der Waals surface area contributed by atoms with Gasteiger partial charge < -0.3 is 39.6 Å². The molecule has 3 rings (SSSR count). The van der Waals surface area contributed by atoms with Gasteiger partial charge in [-0.3, -0.25) is 9.59 Å². The molecule has 0 aliphatic carbocycles. The van der Waals surface area contributed by atoms with E-state index in [0.717, 1.165) is 12.0 Å². The predicted octanol–water partition coefficient (Wildman–Crippen LogP) is 5.87. The lowest BCUT2D eigenvalue weighted by Gasteiger charge is -2.32. The normalized spacial score (nSPS) is 31.8. The molecule has 1 fully saturated rings. The summed E-state index contributed by atoms with van der Waals surface area (Å²) >= 11 is 12.6. The highest BCUT2D eigenvalue weighted by Gasteiger charge is 2.54. The summed E-state index contributed by atoms with van der Waals surface area (Å²) < 4.78 is 23.1. The van der Waals surface area contributed by atoms with Crippen molar-refractivity contribution < 1.29 is 43.9 Å². The quantitative estimate of drug-likeness (QED) is 0.0839. The lowest BCUT2D eigenvalue weighted by Crippen LogP contribution is -2.52. The molecule has 12 heteroatoms. The third kappa shape index (κ3) is 11.9. The molecule has 0 radical (unpaired) electrons. The number of aliphatic hydroxyl groups is 3. The number of benzene rings is 1. The number of methoxy groups -OCH3 is 1. The highest BCUT2D eigenvalue weighted by Crippen LogP contribution is 2.39. The van der Waals surface area contributed by atoms with Crippen molar-refractivity contribution in [3.8, 4) is 0 Å². The SMILES string of the molecule is CC[C@H](OC)[C@@H](C)[C@H]1O[C@@H]1C(NCc1ccc(Cl)cc1Cl)C(C)(O)/C=C/C=C(\C)[C@@H]1OC(=O)C[C@H](O)CC[C@@](C)(O)[C@@H](OC(C)=O)/C=C/[C@@H]1C. The maximum Gasteiger partial charge on any atom is 0.309 e. The van der Waals surface area contributed by atoms with Crippen LogP contribution >= 0.6 is 23.2 Å². The van der Waals surface area contributed by atoms with Crippen molar-refractivity contribution in [1.82, 2.24) is 5.32 Å². The Bertz CT molecular complexity index is 1390. The van der Waals surface area contributed by atoms with Gasteiger partial charge in [-0.15, -0.1) is 0 Å². The molecule has 0 spiro atoms. The van der Waals surface area contributed by atoms with Gasteiger partial charge in [0.05, 0.1) is 36.4 Å². The van der Waals surface area contributed by atoms with Crippen molar-refractivity contribution in [3.63, 3.8) is 0 Å². The topological polar surface area (TPSA) is 147 Å². The van der Waals surface area contributed by atoms with Gasteiger partial charge in [-0.25, -0.2) is 0 Å². The molecule has 0 aromatic heterocycles. The molecule has 50 heavy (non-hydrogen) atoms. The van der Waals surface area contributed by atoms with E-state index in [1.807, 2.05) is 13.0 Å². The number of hydrogen-bond acceptors (Lipinski definition) is 10. The minimum absolute atomic E-state index is 0.00340. The third-order valence-electron chi connectivity index (χ3n) is 9.72. The van der Waals surface area contributed by atoms with Gasteiger partial charge >= 0.3 is 11.9 Å². The van der Waals surface area contributed by atoms with Crippen molar-refractivity contribution in [2.24, 2.45) is 11.8 Å². The van der Waals surface area contributed by atoms with E-state index in [9.17, 15) is 24.9 Å². The van der Waals surface area contributed by atoms with Gasteiger partial charge in [0.25, 0.3) is 0 Å². The first-order valence-corrected chi connectivity index (χ1v) is 18.0. The van der Waals surface area contributed by atoms with E-state index >= 15 is 0 Å². The van der Waals surface area contributed by atoms with Crippen LogP contribution in [-0.4, -0.2) is 88.2 Å². The standard InChI is InChI=1S/C38H55Cl2NO9/c1-9-30(47-8)24(4)34-35(50-34)36(41-21-26-13-14-27(39)19-29(26)40)38(7,46)17-10-11-22(2)33-23(3)12-15-31(48-25(5)42)37(6,45)18-16-28(43)20-32(44)49-33/h10-15,17,19,23-24,28,30-31,33-36,41,43,45-46H,9,16,18,20-21H2,1-8H3/b15-12+,17-10+,22-11+/t23-,24+,28+,30-,31-,33-,34+,35-,36?,37+,38?/m0/s1. The first-order valence-electron chi connectivity index (χ1n) is 17.3. The average Bonchev–Trinajstić information content (AvgIpc) is 3.82. The van der Waals surface area contributed by atoms with Crippen LogP contribution in [-0.2, 0) is 35.1 Å². The predicted molar refractivity (Wildman–Crippen MR) is 194 cm³/mol. The third-order valence-corrected chi connectivity index (χ3v) is 10.3. The average molecular weight is 741 g/mol. The van der Waals surface area contributed by atoms with E-state index < -0.39 is 53.4 Å². The van der Waals surface area contributed by atoms with E-state index in [4.69, 9.17) is 42.1 Å². The van der Waals surface area contributed by atoms with Crippen LogP contribution in [0.25, 0.3) is 0 Å². The molecule has 2 aliphatic rings. The Balaban J connectivity index is 1.89. The second-order valence-corrected chi connectivity index (χ2v) is 15.0. The fraction of sp³-hybridized carbons (Fsp3) is 0.632. The van der Waals surface area contributed by atoms with Crippen molar-refractivity contribution in [2.45, 2.75) is 135 Å².